The summed E-state index contributed by atoms with van der Waals surface area (Å²) in [6.45, 7) is 1.15. The monoisotopic (exact) mass is 532 g/mol. The van der Waals surface area contributed by atoms with Crippen molar-refractivity contribution in [1.82, 2.24) is 14.9 Å². The number of carbonyl (C=O) groups excluding carboxylic acids is 2. The molecule has 0 radical (unpaired) electrons. The SMILES string of the molecule is COC(=O)C(Cc1cn(Cc2ccccc2)cn1)NC(=O)C1CCN(c2cc(F)cc(C(F)(F)F)c2)CC1. The van der Waals surface area contributed by atoms with E-state index in [1.807, 2.05) is 41.1 Å². The Morgan fingerprint density at radius 1 is 1.13 bits per heavy atom. The second kappa shape index (κ2) is 11.7. The summed E-state index contributed by atoms with van der Waals surface area (Å²) in [4.78, 5) is 31.4. The number of hydrogen-bond donors (Lipinski definition) is 1. The number of rotatable bonds is 8. The van der Waals surface area contributed by atoms with Gasteiger partial charge in [0, 0.05) is 43.9 Å². The third-order valence-corrected chi connectivity index (χ3v) is 6.55. The first kappa shape index (κ1) is 27.2. The van der Waals surface area contributed by atoms with Crippen molar-refractivity contribution in [2.24, 2.45) is 5.92 Å². The van der Waals surface area contributed by atoms with Crippen LogP contribution in [0, 0.1) is 11.7 Å². The van der Waals surface area contributed by atoms with Gasteiger partial charge in [0.15, 0.2) is 0 Å². The zero-order chi connectivity index (χ0) is 27.3. The number of esters is 1. The second-order valence-corrected chi connectivity index (χ2v) is 9.27. The van der Waals surface area contributed by atoms with Crippen LogP contribution in [0.5, 0.6) is 0 Å². The Balaban J connectivity index is 1.35. The number of aromatic nitrogens is 2. The van der Waals surface area contributed by atoms with Gasteiger partial charge in [-0.2, -0.15) is 13.2 Å². The number of nitrogens with one attached hydrogen (secondary N) is 1. The molecule has 1 unspecified atom stereocenters. The van der Waals surface area contributed by atoms with Crippen molar-refractivity contribution >= 4 is 17.6 Å². The molecule has 0 saturated carbocycles. The number of benzene rings is 2. The second-order valence-electron chi connectivity index (χ2n) is 9.27. The van der Waals surface area contributed by atoms with Crippen LogP contribution in [0.4, 0.5) is 23.2 Å². The van der Waals surface area contributed by atoms with Crippen molar-refractivity contribution in [3.63, 3.8) is 0 Å². The molecule has 2 aromatic carbocycles. The molecule has 1 amide bonds. The van der Waals surface area contributed by atoms with Gasteiger partial charge in [0.1, 0.15) is 11.9 Å². The molecule has 2 heterocycles. The van der Waals surface area contributed by atoms with Crippen molar-refractivity contribution in [3.05, 3.63) is 83.7 Å². The number of imidazole rings is 1. The third-order valence-electron chi connectivity index (χ3n) is 6.55. The minimum Gasteiger partial charge on any atom is -0.467 e. The lowest BCUT2D eigenvalue weighted by molar-refractivity contribution is -0.145. The highest BCUT2D eigenvalue weighted by Gasteiger charge is 2.33. The van der Waals surface area contributed by atoms with Gasteiger partial charge in [-0.25, -0.2) is 14.2 Å². The molecule has 0 bridgehead atoms. The Labute approximate surface area is 217 Å². The van der Waals surface area contributed by atoms with Gasteiger partial charge < -0.3 is 19.5 Å². The molecule has 202 valence electrons. The van der Waals surface area contributed by atoms with Gasteiger partial charge >= 0.3 is 12.1 Å². The molecule has 11 heteroatoms. The minimum atomic E-state index is -4.66. The maximum Gasteiger partial charge on any atom is 0.416 e. The lowest BCUT2D eigenvalue weighted by Crippen LogP contribution is -2.48. The molecular weight excluding hydrogens is 504 g/mol. The summed E-state index contributed by atoms with van der Waals surface area (Å²) in [5, 5.41) is 2.75. The number of amides is 1. The van der Waals surface area contributed by atoms with Gasteiger partial charge in [-0.15, -0.1) is 0 Å². The zero-order valence-corrected chi connectivity index (χ0v) is 20.7. The maximum absolute atomic E-state index is 13.8. The van der Waals surface area contributed by atoms with Crippen LogP contribution in [0.2, 0.25) is 0 Å². The highest BCUT2D eigenvalue weighted by Crippen LogP contribution is 2.34. The summed E-state index contributed by atoms with van der Waals surface area (Å²) in [6.07, 6.45) is -0.378. The number of methoxy groups -OCH3 is 1. The van der Waals surface area contributed by atoms with Crippen molar-refractivity contribution in [1.29, 1.82) is 0 Å². The molecule has 4 rings (SSSR count). The van der Waals surface area contributed by atoms with E-state index in [9.17, 15) is 27.2 Å². The van der Waals surface area contributed by atoms with Gasteiger partial charge in [0.2, 0.25) is 5.91 Å². The smallest absolute Gasteiger partial charge is 0.416 e. The highest BCUT2D eigenvalue weighted by molar-refractivity contribution is 5.86. The van der Waals surface area contributed by atoms with E-state index < -0.39 is 35.5 Å². The summed E-state index contributed by atoms with van der Waals surface area (Å²) in [5.41, 5.74) is 0.765. The van der Waals surface area contributed by atoms with E-state index in [0.717, 1.165) is 17.7 Å². The number of halogens is 4. The van der Waals surface area contributed by atoms with Gasteiger partial charge in [-0.3, -0.25) is 4.79 Å². The molecule has 7 nitrogen and oxygen atoms in total. The van der Waals surface area contributed by atoms with Crippen LogP contribution >= 0.6 is 0 Å². The standard InChI is InChI=1S/C27H28F4N4O3/c1-38-26(37)24(14-22-16-34(17-32-22)15-18-5-3-2-4-6-18)33-25(36)19-7-9-35(10-8-19)23-12-20(27(29,30)31)11-21(28)13-23/h2-6,11-13,16-17,19,24H,7-10,14-15H2,1H3,(H,33,36). The van der Waals surface area contributed by atoms with Crippen LogP contribution < -0.4 is 10.2 Å². The number of hydrogen-bond acceptors (Lipinski definition) is 5. The number of carbonyl (C=O) groups is 2. The quantitative estimate of drug-likeness (QED) is 0.348. The van der Waals surface area contributed by atoms with Gasteiger partial charge in [-0.1, -0.05) is 30.3 Å². The van der Waals surface area contributed by atoms with Crippen molar-refractivity contribution in [3.8, 4) is 0 Å². The van der Waals surface area contributed by atoms with Crippen LogP contribution in [0.25, 0.3) is 0 Å². The normalized spacial score (nSPS) is 15.2. The van der Waals surface area contributed by atoms with Gasteiger partial charge in [0.25, 0.3) is 0 Å². The maximum atomic E-state index is 13.8. The molecule has 1 atom stereocenters. The molecule has 1 saturated heterocycles. The number of ether oxygens (including phenoxy) is 1. The topological polar surface area (TPSA) is 76.5 Å². The van der Waals surface area contributed by atoms with E-state index in [1.54, 1.807) is 11.2 Å². The van der Waals surface area contributed by atoms with Crippen LogP contribution in [0.3, 0.4) is 0 Å². The first-order valence-corrected chi connectivity index (χ1v) is 12.2. The Hall–Kier alpha value is -3.89. The van der Waals surface area contributed by atoms with Crippen molar-refractivity contribution in [2.45, 2.75) is 38.0 Å². The average Bonchev–Trinajstić information content (AvgIpc) is 3.34. The fourth-order valence-electron chi connectivity index (χ4n) is 4.55. The number of alkyl halides is 3. The first-order chi connectivity index (χ1) is 18.1. The number of anilines is 1. The third kappa shape index (κ3) is 6.90. The molecule has 38 heavy (non-hydrogen) atoms. The number of piperidine rings is 1. The fourth-order valence-corrected chi connectivity index (χ4v) is 4.55. The van der Waals surface area contributed by atoms with Crippen molar-refractivity contribution in [2.75, 3.05) is 25.1 Å². The summed E-state index contributed by atoms with van der Waals surface area (Å²) >= 11 is 0. The van der Waals surface area contributed by atoms with E-state index in [2.05, 4.69) is 10.3 Å². The molecule has 1 fully saturated rings. The van der Waals surface area contributed by atoms with E-state index in [-0.39, 0.29) is 31.1 Å². The molecule has 0 spiro atoms. The molecule has 1 N–H and O–H groups in total. The molecule has 0 aliphatic carbocycles. The Bertz CT molecular complexity index is 1250. The average molecular weight is 533 g/mol. The summed E-state index contributed by atoms with van der Waals surface area (Å²) in [7, 11) is 1.24. The lowest BCUT2D eigenvalue weighted by Gasteiger charge is -2.33. The van der Waals surface area contributed by atoms with Crippen molar-refractivity contribution < 1.29 is 31.9 Å². The Morgan fingerprint density at radius 3 is 2.50 bits per heavy atom. The van der Waals surface area contributed by atoms with Crippen LogP contribution in [0.15, 0.2) is 61.1 Å². The first-order valence-electron chi connectivity index (χ1n) is 12.2. The van der Waals surface area contributed by atoms with Gasteiger partial charge in [-0.05, 0) is 36.6 Å². The minimum absolute atomic E-state index is 0.120. The summed E-state index contributed by atoms with van der Waals surface area (Å²) in [6, 6.07) is 11.3. The lowest BCUT2D eigenvalue weighted by atomic mass is 9.94. The molecule has 1 aliphatic heterocycles. The predicted molar refractivity (Wildman–Crippen MR) is 132 cm³/mol. The highest BCUT2D eigenvalue weighted by atomic mass is 19.4. The summed E-state index contributed by atoms with van der Waals surface area (Å²) < 4.78 is 59.8. The molecule has 1 aliphatic rings. The Morgan fingerprint density at radius 2 is 1.84 bits per heavy atom. The molecule has 3 aromatic rings. The van der Waals surface area contributed by atoms with E-state index in [4.69, 9.17) is 4.74 Å². The van der Waals surface area contributed by atoms with E-state index in [1.165, 1.54) is 7.11 Å². The number of nitrogens with zero attached hydrogens (tertiary/aromatic N) is 3. The van der Waals surface area contributed by atoms with E-state index in [0.29, 0.717) is 31.1 Å². The fraction of sp³-hybridized carbons (Fsp3) is 0.370. The molecular formula is C27H28F4N4O3. The molecule has 1 aromatic heterocycles. The van der Waals surface area contributed by atoms with E-state index >= 15 is 0 Å². The van der Waals surface area contributed by atoms with Crippen LogP contribution in [0.1, 0.15) is 29.7 Å². The van der Waals surface area contributed by atoms with Crippen LogP contribution in [-0.4, -0.2) is 47.7 Å². The Kier molecular flexibility index (Phi) is 8.33. The van der Waals surface area contributed by atoms with Gasteiger partial charge in [0.05, 0.1) is 24.7 Å². The zero-order valence-electron chi connectivity index (χ0n) is 20.7. The predicted octanol–water partition coefficient (Wildman–Crippen LogP) is 4.21. The summed E-state index contributed by atoms with van der Waals surface area (Å²) in [5.74, 6) is -2.38. The largest absolute Gasteiger partial charge is 0.467 e. The van der Waals surface area contributed by atoms with Crippen LogP contribution in [-0.2, 0) is 33.5 Å².